The number of hydrogen-bond acceptors (Lipinski definition) is 6. The molecule has 0 radical (unpaired) electrons. The summed E-state index contributed by atoms with van der Waals surface area (Å²) in [4.78, 5) is 4.78. The average Bonchev–Trinajstić information content (AvgIpc) is 3.19. The van der Waals surface area contributed by atoms with Crippen molar-refractivity contribution in [1.82, 2.24) is 4.98 Å². The van der Waals surface area contributed by atoms with Gasteiger partial charge in [0, 0.05) is 15.7 Å². The zero-order chi connectivity index (χ0) is 19.7. The Bertz CT molecular complexity index is 937. The molecular weight excluding hydrogens is 388 g/mol. The predicted molar refractivity (Wildman–Crippen MR) is 117 cm³/mol. The van der Waals surface area contributed by atoms with E-state index in [0.717, 1.165) is 36.8 Å². The van der Waals surface area contributed by atoms with Crippen LogP contribution in [-0.2, 0) is 5.41 Å². The van der Waals surface area contributed by atoms with Crippen LogP contribution in [0.3, 0.4) is 0 Å². The molecule has 6 heteroatoms. The number of thioether (sulfide) groups is 2. The molecule has 2 heterocycles. The number of oxazole rings is 1. The molecule has 1 aliphatic carbocycles. The topological polar surface area (TPSA) is 59.0 Å². The summed E-state index contributed by atoms with van der Waals surface area (Å²) >= 11 is 4.01. The van der Waals surface area contributed by atoms with Crippen molar-refractivity contribution in [2.45, 2.75) is 57.3 Å². The molecule has 1 aromatic heterocycles. The Hall–Kier alpha value is -1.58. The third kappa shape index (κ3) is 3.44. The van der Waals surface area contributed by atoms with Crippen LogP contribution in [0.1, 0.15) is 63.3 Å². The molecule has 2 aliphatic rings. The van der Waals surface area contributed by atoms with Crippen LogP contribution in [0, 0.1) is 11.3 Å². The van der Waals surface area contributed by atoms with Crippen molar-refractivity contribution in [3.63, 3.8) is 0 Å². The SMILES string of the molecule is COc1ccc(C2(C#N)CCC(=C3SCCCS3)CC2)c2nc(C(C)C)oc12. The lowest BCUT2D eigenvalue weighted by Gasteiger charge is -2.34. The van der Waals surface area contributed by atoms with Crippen LogP contribution in [0.5, 0.6) is 5.75 Å². The lowest BCUT2D eigenvalue weighted by molar-refractivity contribution is 0.402. The molecule has 1 aliphatic heterocycles. The first-order valence-corrected chi connectivity index (χ1v) is 11.9. The van der Waals surface area contributed by atoms with E-state index in [2.05, 4.69) is 19.9 Å². The Labute approximate surface area is 175 Å². The van der Waals surface area contributed by atoms with E-state index < -0.39 is 5.41 Å². The highest BCUT2D eigenvalue weighted by Gasteiger charge is 2.39. The van der Waals surface area contributed by atoms with Crippen molar-refractivity contribution in [1.29, 1.82) is 5.26 Å². The lowest BCUT2D eigenvalue weighted by atomic mass is 9.69. The molecule has 1 aromatic carbocycles. The van der Waals surface area contributed by atoms with Crippen LogP contribution in [0.4, 0.5) is 0 Å². The van der Waals surface area contributed by atoms with E-state index in [1.54, 1.807) is 12.7 Å². The maximum atomic E-state index is 10.2. The van der Waals surface area contributed by atoms with E-state index in [-0.39, 0.29) is 5.92 Å². The number of hydrogen-bond donors (Lipinski definition) is 0. The molecule has 4 rings (SSSR count). The fourth-order valence-electron chi connectivity index (χ4n) is 4.05. The number of allylic oxidation sites excluding steroid dienone is 1. The van der Waals surface area contributed by atoms with Gasteiger partial charge in [-0.1, -0.05) is 25.5 Å². The van der Waals surface area contributed by atoms with Gasteiger partial charge in [0.05, 0.1) is 18.6 Å². The van der Waals surface area contributed by atoms with Crippen LogP contribution in [0.2, 0.25) is 0 Å². The summed E-state index contributed by atoms with van der Waals surface area (Å²) in [6, 6.07) is 6.62. The van der Waals surface area contributed by atoms with Gasteiger partial charge in [-0.05, 0) is 49.7 Å². The minimum absolute atomic E-state index is 0.186. The number of fused-ring (bicyclic) bond motifs is 1. The Morgan fingerprint density at radius 3 is 2.54 bits per heavy atom. The average molecular weight is 415 g/mol. The molecule has 2 aromatic rings. The maximum absolute atomic E-state index is 10.2. The number of methoxy groups -OCH3 is 1. The van der Waals surface area contributed by atoms with Crippen molar-refractivity contribution in [2.24, 2.45) is 0 Å². The van der Waals surface area contributed by atoms with E-state index in [1.807, 2.05) is 35.7 Å². The highest BCUT2D eigenvalue weighted by molar-refractivity contribution is 8.22. The number of ether oxygens (including phenoxy) is 1. The standard InChI is InChI=1S/C22H26N2O2S2/c1-14(2)20-24-18-16(5-6-17(25-3)19(18)26-20)22(13-23)9-7-15(8-10-22)21-27-11-4-12-28-21/h5-6,14H,4,7-12H2,1-3H3. The van der Waals surface area contributed by atoms with Gasteiger partial charge in [0.2, 0.25) is 0 Å². The number of rotatable bonds is 3. The van der Waals surface area contributed by atoms with Gasteiger partial charge in [-0.3, -0.25) is 0 Å². The molecule has 0 bridgehead atoms. The third-order valence-electron chi connectivity index (χ3n) is 5.72. The van der Waals surface area contributed by atoms with Crippen LogP contribution < -0.4 is 4.74 Å². The zero-order valence-corrected chi connectivity index (χ0v) is 18.3. The molecule has 0 atom stereocenters. The first-order valence-electron chi connectivity index (χ1n) is 9.95. The second-order valence-corrected chi connectivity index (χ2v) is 10.3. The molecule has 0 N–H and O–H groups in total. The van der Waals surface area contributed by atoms with Crippen LogP contribution in [0.25, 0.3) is 11.1 Å². The molecule has 0 amide bonds. The monoisotopic (exact) mass is 414 g/mol. The van der Waals surface area contributed by atoms with Gasteiger partial charge in [-0.2, -0.15) is 5.26 Å². The van der Waals surface area contributed by atoms with Gasteiger partial charge in [0.15, 0.2) is 17.2 Å². The molecule has 2 fully saturated rings. The van der Waals surface area contributed by atoms with E-state index in [9.17, 15) is 5.26 Å². The zero-order valence-electron chi connectivity index (χ0n) is 16.7. The summed E-state index contributed by atoms with van der Waals surface area (Å²) in [7, 11) is 1.64. The highest BCUT2D eigenvalue weighted by atomic mass is 32.2. The van der Waals surface area contributed by atoms with E-state index in [0.29, 0.717) is 17.2 Å². The largest absolute Gasteiger partial charge is 0.493 e. The molecular formula is C22H26N2O2S2. The van der Waals surface area contributed by atoms with Crippen LogP contribution in [0.15, 0.2) is 26.4 Å². The minimum atomic E-state index is -0.510. The van der Waals surface area contributed by atoms with Crippen molar-refractivity contribution < 1.29 is 9.15 Å². The summed E-state index contributed by atoms with van der Waals surface area (Å²) in [5.74, 6) is 4.02. The molecule has 0 unspecified atom stereocenters. The summed E-state index contributed by atoms with van der Waals surface area (Å²) < 4.78 is 13.0. The molecule has 148 valence electrons. The molecule has 28 heavy (non-hydrogen) atoms. The third-order valence-corrected chi connectivity index (χ3v) is 8.51. The van der Waals surface area contributed by atoms with Crippen LogP contribution in [-0.4, -0.2) is 23.6 Å². The first kappa shape index (κ1) is 19.7. The maximum Gasteiger partial charge on any atom is 0.198 e. The summed E-state index contributed by atoms with van der Waals surface area (Å²) in [5.41, 5.74) is 3.50. The number of benzene rings is 1. The lowest BCUT2D eigenvalue weighted by Crippen LogP contribution is -2.28. The second kappa shape index (κ2) is 8.04. The van der Waals surface area contributed by atoms with E-state index in [1.165, 1.54) is 22.2 Å². The summed E-state index contributed by atoms with van der Waals surface area (Å²) in [6.45, 7) is 4.13. The van der Waals surface area contributed by atoms with Crippen molar-refractivity contribution in [2.75, 3.05) is 18.6 Å². The van der Waals surface area contributed by atoms with Gasteiger partial charge in [0.1, 0.15) is 5.52 Å². The Kier molecular flexibility index (Phi) is 5.66. The highest BCUT2D eigenvalue weighted by Crippen LogP contribution is 2.48. The smallest absolute Gasteiger partial charge is 0.198 e. The predicted octanol–water partition coefficient (Wildman–Crippen LogP) is 6.38. The molecule has 0 spiro atoms. The van der Waals surface area contributed by atoms with Crippen LogP contribution >= 0.6 is 23.5 Å². The van der Waals surface area contributed by atoms with Crippen molar-refractivity contribution in [3.05, 3.63) is 33.4 Å². The van der Waals surface area contributed by atoms with Gasteiger partial charge >= 0.3 is 0 Å². The van der Waals surface area contributed by atoms with Gasteiger partial charge < -0.3 is 9.15 Å². The fraction of sp³-hybridized carbons (Fsp3) is 0.545. The molecule has 4 nitrogen and oxygen atoms in total. The number of nitriles is 1. The van der Waals surface area contributed by atoms with Crippen molar-refractivity contribution >= 4 is 34.6 Å². The van der Waals surface area contributed by atoms with Crippen molar-refractivity contribution in [3.8, 4) is 11.8 Å². The molecule has 1 saturated carbocycles. The minimum Gasteiger partial charge on any atom is -0.493 e. The summed E-state index contributed by atoms with van der Waals surface area (Å²) in [6.07, 6.45) is 4.96. The first-order chi connectivity index (χ1) is 13.6. The Morgan fingerprint density at radius 1 is 1.21 bits per heavy atom. The quantitative estimate of drug-likeness (QED) is 0.581. The number of aromatic nitrogens is 1. The fourth-order valence-corrected chi connectivity index (χ4v) is 6.83. The normalized spacial score (nSPS) is 23.2. The Balaban J connectivity index is 1.73. The van der Waals surface area contributed by atoms with Gasteiger partial charge in [0.25, 0.3) is 0 Å². The Morgan fingerprint density at radius 2 is 1.93 bits per heavy atom. The second-order valence-electron chi connectivity index (χ2n) is 7.84. The summed E-state index contributed by atoms with van der Waals surface area (Å²) in [5, 5.41) is 10.2. The van der Waals surface area contributed by atoms with E-state index >= 15 is 0 Å². The van der Waals surface area contributed by atoms with E-state index in [4.69, 9.17) is 14.1 Å². The number of nitrogens with zero attached hydrogens (tertiary/aromatic N) is 2. The van der Waals surface area contributed by atoms with Gasteiger partial charge in [-0.15, -0.1) is 23.5 Å². The van der Waals surface area contributed by atoms with Gasteiger partial charge in [-0.25, -0.2) is 4.98 Å². The molecule has 1 saturated heterocycles.